The zero-order valence-electron chi connectivity index (χ0n) is 11.4. The van der Waals surface area contributed by atoms with Crippen LogP contribution < -0.4 is 0 Å². The lowest BCUT2D eigenvalue weighted by molar-refractivity contribution is -0.138. The highest BCUT2D eigenvalue weighted by molar-refractivity contribution is 5.87. The molecule has 0 heterocycles. The minimum atomic E-state index is -0.309. The second kappa shape index (κ2) is 10.6. The summed E-state index contributed by atoms with van der Waals surface area (Å²) in [4.78, 5) is 22.2. The van der Waals surface area contributed by atoms with E-state index in [-0.39, 0.29) is 11.9 Å². The van der Waals surface area contributed by atoms with Gasteiger partial charge in [-0.3, -0.25) is 0 Å². The van der Waals surface area contributed by atoms with Crippen LogP contribution in [0.1, 0.15) is 40.0 Å². The minimum Gasteiger partial charge on any atom is -0.463 e. The molecule has 0 aromatic rings. The van der Waals surface area contributed by atoms with Crippen molar-refractivity contribution in [3.8, 4) is 0 Å². The van der Waals surface area contributed by atoms with Crippen LogP contribution in [0.3, 0.4) is 0 Å². The SMILES string of the molecule is CCOC(=O)/C=C/CCC/C=C(\C)C(=O)OCC. The van der Waals surface area contributed by atoms with Crippen molar-refractivity contribution < 1.29 is 19.1 Å². The molecule has 4 heteroatoms. The molecule has 4 nitrogen and oxygen atoms in total. The molecule has 0 radical (unpaired) electrons. The second-order valence-corrected chi connectivity index (χ2v) is 3.69. The third-order valence-corrected chi connectivity index (χ3v) is 2.16. The van der Waals surface area contributed by atoms with Crippen molar-refractivity contribution in [2.24, 2.45) is 0 Å². The maximum Gasteiger partial charge on any atom is 0.333 e. The molecule has 0 aromatic heterocycles. The first-order chi connectivity index (χ1) is 8.61. The molecule has 0 aliphatic rings. The highest BCUT2D eigenvalue weighted by atomic mass is 16.5. The van der Waals surface area contributed by atoms with E-state index in [1.54, 1.807) is 26.8 Å². The Labute approximate surface area is 109 Å². The summed E-state index contributed by atoms with van der Waals surface area (Å²) in [6.45, 7) is 6.09. The van der Waals surface area contributed by atoms with E-state index in [2.05, 4.69) is 0 Å². The summed E-state index contributed by atoms with van der Waals surface area (Å²) in [6.07, 6.45) is 7.53. The van der Waals surface area contributed by atoms with Crippen molar-refractivity contribution in [2.45, 2.75) is 40.0 Å². The van der Waals surface area contributed by atoms with Gasteiger partial charge in [0.1, 0.15) is 0 Å². The van der Waals surface area contributed by atoms with Gasteiger partial charge in [0.2, 0.25) is 0 Å². The van der Waals surface area contributed by atoms with Crippen molar-refractivity contribution >= 4 is 11.9 Å². The molecule has 0 unspecified atom stereocenters. The van der Waals surface area contributed by atoms with Gasteiger partial charge in [0.05, 0.1) is 13.2 Å². The fourth-order valence-electron chi connectivity index (χ4n) is 1.25. The van der Waals surface area contributed by atoms with Crippen molar-refractivity contribution in [2.75, 3.05) is 13.2 Å². The van der Waals surface area contributed by atoms with Gasteiger partial charge in [-0.2, -0.15) is 0 Å². The molecule has 0 atom stereocenters. The lowest BCUT2D eigenvalue weighted by Crippen LogP contribution is -2.04. The first kappa shape index (κ1) is 16.4. The normalized spacial score (nSPS) is 11.6. The van der Waals surface area contributed by atoms with Crippen LogP contribution in [0.5, 0.6) is 0 Å². The molecule has 0 saturated heterocycles. The molecule has 0 fully saturated rings. The maximum atomic E-state index is 11.3. The Bertz CT molecular complexity index is 316. The van der Waals surface area contributed by atoms with Crippen LogP contribution in [0.4, 0.5) is 0 Å². The van der Waals surface area contributed by atoms with E-state index in [0.717, 1.165) is 19.3 Å². The predicted octanol–water partition coefficient (Wildman–Crippen LogP) is 2.79. The Balaban J connectivity index is 3.76. The molecular formula is C14H22O4. The monoisotopic (exact) mass is 254 g/mol. The van der Waals surface area contributed by atoms with E-state index in [1.807, 2.05) is 6.08 Å². The van der Waals surface area contributed by atoms with Crippen LogP contribution in [0, 0.1) is 0 Å². The average Bonchev–Trinajstić information content (AvgIpc) is 2.33. The Kier molecular flexibility index (Phi) is 9.64. The molecule has 0 N–H and O–H groups in total. The van der Waals surface area contributed by atoms with Gasteiger partial charge in [-0.15, -0.1) is 0 Å². The van der Waals surface area contributed by atoms with Gasteiger partial charge in [-0.1, -0.05) is 12.2 Å². The molecule has 0 spiro atoms. The Morgan fingerprint density at radius 1 is 1.06 bits per heavy atom. The molecule has 0 aliphatic heterocycles. The summed E-state index contributed by atoms with van der Waals surface area (Å²) in [5, 5.41) is 0. The van der Waals surface area contributed by atoms with Gasteiger partial charge >= 0.3 is 11.9 Å². The highest BCUT2D eigenvalue weighted by Crippen LogP contribution is 2.04. The molecule has 0 saturated carbocycles. The Morgan fingerprint density at radius 2 is 1.72 bits per heavy atom. The van der Waals surface area contributed by atoms with E-state index in [4.69, 9.17) is 9.47 Å². The second-order valence-electron chi connectivity index (χ2n) is 3.69. The minimum absolute atomic E-state index is 0.264. The molecular weight excluding hydrogens is 232 g/mol. The number of ether oxygens (including phenoxy) is 2. The van der Waals surface area contributed by atoms with Gasteiger partial charge < -0.3 is 9.47 Å². The maximum absolute atomic E-state index is 11.3. The molecule has 0 amide bonds. The van der Waals surface area contributed by atoms with Crippen molar-refractivity contribution in [3.63, 3.8) is 0 Å². The van der Waals surface area contributed by atoms with E-state index in [1.165, 1.54) is 6.08 Å². The Morgan fingerprint density at radius 3 is 2.33 bits per heavy atom. The standard InChI is InChI=1S/C14H22O4/c1-4-17-13(15)11-9-7-6-8-10-12(3)14(16)18-5-2/h9-11H,4-8H2,1-3H3/b11-9+,12-10+. The van der Waals surface area contributed by atoms with Crippen LogP contribution in [-0.4, -0.2) is 25.2 Å². The first-order valence-corrected chi connectivity index (χ1v) is 6.29. The molecule has 0 rings (SSSR count). The van der Waals surface area contributed by atoms with Crippen LogP contribution >= 0.6 is 0 Å². The number of rotatable bonds is 8. The number of esters is 2. The van der Waals surface area contributed by atoms with Crippen molar-refractivity contribution in [1.82, 2.24) is 0 Å². The first-order valence-electron chi connectivity index (χ1n) is 6.29. The topological polar surface area (TPSA) is 52.6 Å². The van der Waals surface area contributed by atoms with E-state index in [0.29, 0.717) is 18.8 Å². The number of carbonyl (C=O) groups is 2. The van der Waals surface area contributed by atoms with Gasteiger partial charge in [-0.25, -0.2) is 9.59 Å². The van der Waals surface area contributed by atoms with Gasteiger partial charge in [-0.05, 0) is 40.0 Å². The third-order valence-electron chi connectivity index (χ3n) is 2.16. The predicted molar refractivity (Wildman–Crippen MR) is 70.0 cm³/mol. The molecule has 102 valence electrons. The fourth-order valence-corrected chi connectivity index (χ4v) is 1.25. The van der Waals surface area contributed by atoms with Gasteiger partial charge in [0.15, 0.2) is 0 Å². The summed E-state index contributed by atoms with van der Waals surface area (Å²) in [5.41, 5.74) is 0.631. The van der Waals surface area contributed by atoms with E-state index < -0.39 is 0 Å². The van der Waals surface area contributed by atoms with E-state index >= 15 is 0 Å². The van der Waals surface area contributed by atoms with Gasteiger partial charge in [0.25, 0.3) is 0 Å². The van der Waals surface area contributed by atoms with Crippen molar-refractivity contribution in [3.05, 3.63) is 23.8 Å². The van der Waals surface area contributed by atoms with Crippen LogP contribution in [-0.2, 0) is 19.1 Å². The summed E-state index contributed by atoms with van der Waals surface area (Å²) in [7, 11) is 0. The van der Waals surface area contributed by atoms with Crippen LogP contribution in [0.2, 0.25) is 0 Å². The molecule has 0 aliphatic carbocycles. The summed E-state index contributed by atoms with van der Waals surface area (Å²) >= 11 is 0. The number of allylic oxidation sites excluding steroid dienone is 2. The summed E-state index contributed by atoms with van der Waals surface area (Å²) < 4.78 is 9.60. The summed E-state index contributed by atoms with van der Waals surface area (Å²) in [5.74, 6) is -0.574. The lowest BCUT2D eigenvalue weighted by Gasteiger charge is -2.00. The number of carbonyl (C=O) groups excluding carboxylic acids is 2. The van der Waals surface area contributed by atoms with Crippen molar-refractivity contribution in [1.29, 1.82) is 0 Å². The Hall–Kier alpha value is -1.58. The molecule has 0 aromatic carbocycles. The largest absolute Gasteiger partial charge is 0.463 e. The molecule has 18 heavy (non-hydrogen) atoms. The highest BCUT2D eigenvalue weighted by Gasteiger charge is 2.02. The zero-order valence-corrected chi connectivity index (χ0v) is 11.4. The van der Waals surface area contributed by atoms with Gasteiger partial charge in [0, 0.05) is 11.6 Å². The number of unbranched alkanes of at least 4 members (excludes halogenated alkanes) is 2. The lowest BCUT2D eigenvalue weighted by atomic mass is 10.1. The van der Waals surface area contributed by atoms with E-state index in [9.17, 15) is 9.59 Å². The smallest absolute Gasteiger partial charge is 0.333 e. The number of hydrogen-bond donors (Lipinski definition) is 0. The van der Waals surface area contributed by atoms with Crippen LogP contribution in [0.15, 0.2) is 23.8 Å². The quantitative estimate of drug-likeness (QED) is 0.380. The zero-order chi connectivity index (χ0) is 13.8. The van der Waals surface area contributed by atoms with Crippen LogP contribution in [0.25, 0.3) is 0 Å². The average molecular weight is 254 g/mol. The summed E-state index contributed by atoms with van der Waals surface area (Å²) in [6, 6.07) is 0. The molecule has 0 bridgehead atoms. The fraction of sp³-hybridized carbons (Fsp3) is 0.571. The third kappa shape index (κ3) is 8.56. The number of hydrogen-bond acceptors (Lipinski definition) is 4.